The molecular weight excluding hydrogens is 240 g/mol. The standard InChI is InChI=1S/C15H22N2O2/c1-19-14(18)8-4-9-16-11-13-6-2-5-12-7-3-10-17-15(12)13/h2,5-6,16-17H,3-4,7-11H2,1H3. The number of aryl methyl sites for hydroxylation is 1. The molecule has 0 aromatic heterocycles. The van der Waals surface area contributed by atoms with Crippen LogP contribution in [0.25, 0.3) is 0 Å². The second-order valence-electron chi connectivity index (χ2n) is 4.84. The normalized spacial score (nSPS) is 13.5. The molecule has 19 heavy (non-hydrogen) atoms. The van der Waals surface area contributed by atoms with E-state index in [2.05, 4.69) is 33.6 Å². The van der Waals surface area contributed by atoms with E-state index in [0.29, 0.717) is 6.42 Å². The number of hydrogen-bond donors (Lipinski definition) is 2. The predicted octanol–water partition coefficient (Wildman–Crippen LogP) is 2.09. The maximum absolute atomic E-state index is 11.0. The molecule has 4 heteroatoms. The first-order valence-electron chi connectivity index (χ1n) is 6.93. The van der Waals surface area contributed by atoms with Gasteiger partial charge in [0, 0.05) is 25.2 Å². The minimum absolute atomic E-state index is 0.138. The Bertz CT molecular complexity index is 432. The number of anilines is 1. The summed E-state index contributed by atoms with van der Waals surface area (Å²) in [6.07, 6.45) is 3.67. The summed E-state index contributed by atoms with van der Waals surface area (Å²) in [4.78, 5) is 11.0. The van der Waals surface area contributed by atoms with Crippen molar-refractivity contribution in [2.75, 3.05) is 25.5 Å². The first-order chi connectivity index (χ1) is 9.31. The summed E-state index contributed by atoms with van der Waals surface area (Å²) in [6.45, 7) is 2.74. The van der Waals surface area contributed by atoms with Crippen LogP contribution >= 0.6 is 0 Å². The molecule has 0 bridgehead atoms. The Morgan fingerprint density at radius 2 is 2.37 bits per heavy atom. The molecule has 1 aliphatic rings. The van der Waals surface area contributed by atoms with Crippen LogP contribution in [-0.4, -0.2) is 26.2 Å². The zero-order valence-electron chi connectivity index (χ0n) is 11.5. The molecule has 0 aliphatic carbocycles. The number of ether oxygens (including phenoxy) is 1. The van der Waals surface area contributed by atoms with Gasteiger partial charge < -0.3 is 15.4 Å². The molecule has 1 aromatic rings. The monoisotopic (exact) mass is 262 g/mol. The van der Waals surface area contributed by atoms with Crippen LogP contribution < -0.4 is 10.6 Å². The van der Waals surface area contributed by atoms with Gasteiger partial charge in [0.2, 0.25) is 0 Å². The van der Waals surface area contributed by atoms with Gasteiger partial charge in [-0.25, -0.2) is 0 Å². The zero-order chi connectivity index (χ0) is 13.5. The number of benzene rings is 1. The highest BCUT2D eigenvalue weighted by Gasteiger charge is 2.11. The molecular formula is C15H22N2O2. The Kier molecular flexibility index (Phi) is 5.21. The fraction of sp³-hybridized carbons (Fsp3) is 0.533. The van der Waals surface area contributed by atoms with Crippen LogP contribution in [0.4, 0.5) is 5.69 Å². The fourth-order valence-corrected chi connectivity index (χ4v) is 2.41. The van der Waals surface area contributed by atoms with Gasteiger partial charge >= 0.3 is 5.97 Å². The lowest BCUT2D eigenvalue weighted by Crippen LogP contribution is -2.19. The molecule has 0 spiro atoms. The van der Waals surface area contributed by atoms with Gasteiger partial charge in [-0.3, -0.25) is 4.79 Å². The number of para-hydroxylation sites is 1. The highest BCUT2D eigenvalue weighted by Crippen LogP contribution is 2.25. The summed E-state index contributed by atoms with van der Waals surface area (Å²) in [5.74, 6) is -0.138. The van der Waals surface area contributed by atoms with Crippen molar-refractivity contribution in [2.45, 2.75) is 32.2 Å². The second kappa shape index (κ2) is 7.14. The minimum Gasteiger partial charge on any atom is -0.469 e. The molecule has 1 aliphatic heterocycles. The van der Waals surface area contributed by atoms with Crippen molar-refractivity contribution in [1.82, 2.24) is 5.32 Å². The average Bonchev–Trinajstić information content (AvgIpc) is 2.46. The van der Waals surface area contributed by atoms with Crippen LogP contribution in [-0.2, 0) is 22.5 Å². The summed E-state index contributed by atoms with van der Waals surface area (Å²) in [5.41, 5.74) is 4.03. The van der Waals surface area contributed by atoms with Crippen LogP contribution in [0.15, 0.2) is 18.2 Å². The maximum atomic E-state index is 11.0. The number of hydrogen-bond acceptors (Lipinski definition) is 4. The predicted molar refractivity (Wildman–Crippen MR) is 76.2 cm³/mol. The largest absolute Gasteiger partial charge is 0.469 e. The van der Waals surface area contributed by atoms with E-state index in [1.807, 2.05) is 0 Å². The molecule has 2 rings (SSSR count). The third kappa shape index (κ3) is 3.96. The molecule has 104 valence electrons. The quantitative estimate of drug-likeness (QED) is 0.609. The van der Waals surface area contributed by atoms with E-state index < -0.39 is 0 Å². The molecule has 0 saturated carbocycles. The molecule has 2 N–H and O–H groups in total. The van der Waals surface area contributed by atoms with Crippen molar-refractivity contribution in [2.24, 2.45) is 0 Å². The SMILES string of the molecule is COC(=O)CCCNCc1cccc2c1NCCC2. The van der Waals surface area contributed by atoms with Crippen molar-refractivity contribution >= 4 is 11.7 Å². The maximum Gasteiger partial charge on any atom is 0.305 e. The highest BCUT2D eigenvalue weighted by atomic mass is 16.5. The summed E-state index contributed by atoms with van der Waals surface area (Å²) >= 11 is 0. The number of rotatable bonds is 6. The van der Waals surface area contributed by atoms with E-state index in [1.54, 1.807) is 0 Å². The van der Waals surface area contributed by atoms with Crippen LogP contribution in [0.2, 0.25) is 0 Å². The first-order valence-corrected chi connectivity index (χ1v) is 6.93. The van der Waals surface area contributed by atoms with Gasteiger partial charge in [0.25, 0.3) is 0 Å². The molecule has 1 heterocycles. The topological polar surface area (TPSA) is 50.4 Å². The average molecular weight is 262 g/mol. The third-order valence-corrected chi connectivity index (χ3v) is 3.44. The van der Waals surface area contributed by atoms with Crippen LogP contribution in [0.1, 0.15) is 30.4 Å². The Morgan fingerprint density at radius 1 is 1.47 bits per heavy atom. The second-order valence-corrected chi connectivity index (χ2v) is 4.84. The van der Waals surface area contributed by atoms with E-state index in [1.165, 1.54) is 36.8 Å². The Labute approximate surface area is 114 Å². The fourth-order valence-electron chi connectivity index (χ4n) is 2.41. The Hall–Kier alpha value is -1.55. The van der Waals surface area contributed by atoms with Gasteiger partial charge in [0.1, 0.15) is 0 Å². The van der Waals surface area contributed by atoms with E-state index in [-0.39, 0.29) is 5.97 Å². The Morgan fingerprint density at radius 3 is 3.21 bits per heavy atom. The van der Waals surface area contributed by atoms with Crippen LogP contribution in [0, 0.1) is 0 Å². The Balaban J connectivity index is 1.78. The number of fused-ring (bicyclic) bond motifs is 1. The molecule has 0 saturated heterocycles. The summed E-state index contributed by atoms with van der Waals surface area (Å²) in [7, 11) is 1.43. The molecule has 0 fully saturated rings. The van der Waals surface area contributed by atoms with Crippen molar-refractivity contribution in [3.8, 4) is 0 Å². The van der Waals surface area contributed by atoms with E-state index in [0.717, 1.165) is 26.1 Å². The van der Waals surface area contributed by atoms with Gasteiger partial charge in [-0.15, -0.1) is 0 Å². The van der Waals surface area contributed by atoms with E-state index in [9.17, 15) is 4.79 Å². The number of nitrogens with one attached hydrogen (secondary N) is 2. The van der Waals surface area contributed by atoms with Gasteiger partial charge in [-0.05, 0) is 36.9 Å². The zero-order valence-corrected chi connectivity index (χ0v) is 11.5. The van der Waals surface area contributed by atoms with Gasteiger partial charge in [0.05, 0.1) is 7.11 Å². The summed E-state index contributed by atoms with van der Waals surface area (Å²) in [5, 5.41) is 6.87. The van der Waals surface area contributed by atoms with Gasteiger partial charge in [-0.1, -0.05) is 18.2 Å². The van der Waals surface area contributed by atoms with Crippen molar-refractivity contribution in [1.29, 1.82) is 0 Å². The molecule has 0 atom stereocenters. The van der Waals surface area contributed by atoms with Crippen LogP contribution in [0.3, 0.4) is 0 Å². The molecule has 0 unspecified atom stereocenters. The van der Waals surface area contributed by atoms with E-state index in [4.69, 9.17) is 0 Å². The van der Waals surface area contributed by atoms with Gasteiger partial charge in [-0.2, -0.15) is 0 Å². The lowest BCUT2D eigenvalue weighted by Gasteiger charge is -2.21. The van der Waals surface area contributed by atoms with Crippen molar-refractivity contribution in [3.63, 3.8) is 0 Å². The minimum atomic E-state index is -0.138. The van der Waals surface area contributed by atoms with Gasteiger partial charge in [0.15, 0.2) is 0 Å². The molecule has 0 radical (unpaired) electrons. The number of methoxy groups -OCH3 is 1. The third-order valence-electron chi connectivity index (χ3n) is 3.44. The number of carbonyl (C=O) groups is 1. The summed E-state index contributed by atoms with van der Waals surface area (Å²) in [6, 6.07) is 6.48. The lowest BCUT2D eigenvalue weighted by atomic mass is 9.99. The van der Waals surface area contributed by atoms with Crippen molar-refractivity contribution in [3.05, 3.63) is 29.3 Å². The number of carbonyl (C=O) groups excluding carboxylic acids is 1. The van der Waals surface area contributed by atoms with E-state index >= 15 is 0 Å². The lowest BCUT2D eigenvalue weighted by molar-refractivity contribution is -0.140. The number of esters is 1. The smallest absolute Gasteiger partial charge is 0.305 e. The van der Waals surface area contributed by atoms with Crippen LogP contribution in [0.5, 0.6) is 0 Å². The molecule has 4 nitrogen and oxygen atoms in total. The highest BCUT2D eigenvalue weighted by molar-refractivity contribution is 5.69. The molecule has 0 amide bonds. The summed E-state index contributed by atoms with van der Waals surface area (Å²) < 4.78 is 4.61. The van der Waals surface area contributed by atoms with Crippen molar-refractivity contribution < 1.29 is 9.53 Å². The first kappa shape index (κ1) is 13.9. The molecule has 1 aromatic carbocycles.